The Bertz CT molecular complexity index is 854. The van der Waals surface area contributed by atoms with Crippen LogP contribution >= 0.6 is 0 Å². The van der Waals surface area contributed by atoms with Crippen molar-refractivity contribution in [1.29, 1.82) is 0 Å². The van der Waals surface area contributed by atoms with Gasteiger partial charge in [0.1, 0.15) is 11.5 Å². The number of carbonyl (C=O) groups excluding carboxylic acids is 2. The summed E-state index contributed by atoms with van der Waals surface area (Å²) in [5, 5.41) is 19.9. The zero-order valence-electron chi connectivity index (χ0n) is 16.3. The van der Waals surface area contributed by atoms with E-state index in [1.165, 1.54) is 12.1 Å². The molecule has 0 aliphatic carbocycles. The Kier molecular flexibility index (Phi) is 7.38. The molecule has 0 bridgehead atoms. The lowest BCUT2D eigenvalue weighted by Crippen LogP contribution is -2.22. The summed E-state index contributed by atoms with van der Waals surface area (Å²) in [4.78, 5) is 24.5. The van der Waals surface area contributed by atoms with E-state index in [2.05, 4.69) is 0 Å². The molecule has 1 aliphatic rings. The van der Waals surface area contributed by atoms with Crippen LogP contribution in [0.3, 0.4) is 0 Å². The van der Waals surface area contributed by atoms with E-state index < -0.39 is 0 Å². The van der Waals surface area contributed by atoms with Gasteiger partial charge in [-0.1, -0.05) is 18.2 Å². The average Bonchev–Trinajstić information content (AvgIpc) is 2.73. The van der Waals surface area contributed by atoms with Crippen molar-refractivity contribution in [2.45, 2.75) is 51.4 Å². The second-order valence-electron chi connectivity index (χ2n) is 7.18. The molecule has 6 nitrogen and oxygen atoms in total. The van der Waals surface area contributed by atoms with Crippen molar-refractivity contribution in [2.24, 2.45) is 0 Å². The van der Waals surface area contributed by atoms with Crippen LogP contribution < -0.4 is 0 Å². The first-order valence-corrected chi connectivity index (χ1v) is 9.94. The van der Waals surface area contributed by atoms with Gasteiger partial charge in [0.15, 0.2) is 17.9 Å². The van der Waals surface area contributed by atoms with E-state index in [1.54, 1.807) is 30.3 Å². The van der Waals surface area contributed by atoms with Crippen LogP contribution in [0.25, 0.3) is 0 Å². The predicted octanol–water partition coefficient (Wildman–Crippen LogP) is 4.38. The summed E-state index contributed by atoms with van der Waals surface area (Å²) in [6.07, 6.45) is 3.41. The minimum absolute atomic E-state index is 0.0575. The highest BCUT2D eigenvalue weighted by Gasteiger charge is 2.16. The molecule has 1 aliphatic heterocycles. The van der Waals surface area contributed by atoms with Gasteiger partial charge in [0.25, 0.3) is 0 Å². The van der Waals surface area contributed by atoms with Gasteiger partial charge in [0.2, 0.25) is 0 Å². The van der Waals surface area contributed by atoms with Gasteiger partial charge < -0.3 is 19.7 Å². The SMILES string of the molecule is O=C(CCCC(=O)c1ccc(COC2CCCCO2)cc1O)c1ccccc1O. The Morgan fingerprint density at radius 3 is 2.34 bits per heavy atom. The monoisotopic (exact) mass is 398 g/mol. The highest BCUT2D eigenvalue weighted by atomic mass is 16.7. The smallest absolute Gasteiger partial charge is 0.166 e. The van der Waals surface area contributed by atoms with Crippen LogP contribution in [0.4, 0.5) is 0 Å². The van der Waals surface area contributed by atoms with E-state index >= 15 is 0 Å². The summed E-state index contributed by atoms with van der Waals surface area (Å²) in [5.41, 5.74) is 1.26. The summed E-state index contributed by atoms with van der Waals surface area (Å²) < 4.78 is 11.2. The van der Waals surface area contributed by atoms with Crippen molar-refractivity contribution >= 4 is 11.6 Å². The molecule has 2 aromatic rings. The molecular weight excluding hydrogens is 372 g/mol. The topological polar surface area (TPSA) is 93.1 Å². The number of hydrogen-bond donors (Lipinski definition) is 2. The molecule has 0 saturated carbocycles. The second-order valence-corrected chi connectivity index (χ2v) is 7.18. The molecule has 1 fully saturated rings. The Morgan fingerprint density at radius 2 is 1.69 bits per heavy atom. The normalized spacial score (nSPS) is 16.5. The molecule has 2 aromatic carbocycles. The number of rotatable bonds is 9. The zero-order valence-corrected chi connectivity index (χ0v) is 16.3. The molecule has 2 N–H and O–H groups in total. The van der Waals surface area contributed by atoms with Gasteiger partial charge in [0, 0.05) is 19.4 Å². The summed E-state index contributed by atoms with van der Waals surface area (Å²) in [6.45, 7) is 1.01. The van der Waals surface area contributed by atoms with Crippen molar-refractivity contribution in [3.63, 3.8) is 0 Å². The van der Waals surface area contributed by atoms with E-state index in [1.807, 2.05) is 0 Å². The molecule has 0 aromatic heterocycles. The van der Waals surface area contributed by atoms with Crippen LogP contribution in [-0.4, -0.2) is 34.7 Å². The zero-order chi connectivity index (χ0) is 20.6. The molecule has 3 rings (SSSR count). The quantitative estimate of drug-likeness (QED) is 0.609. The van der Waals surface area contributed by atoms with Crippen LogP contribution in [0.5, 0.6) is 11.5 Å². The number of hydrogen-bond acceptors (Lipinski definition) is 6. The van der Waals surface area contributed by atoms with Crippen molar-refractivity contribution in [3.05, 3.63) is 59.2 Å². The van der Waals surface area contributed by atoms with Gasteiger partial charge in [-0.2, -0.15) is 0 Å². The Balaban J connectivity index is 1.48. The van der Waals surface area contributed by atoms with Crippen LogP contribution in [0.15, 0.2) is 42.5 Å². The van der Waals surface area contributed by atoms with Gasteiger partial charge >= 0.3 is 0 Å². The van der Waals surface area contributed by atoms with Gasteiger partial charge in [0.05, 0.1) is 17.7 Å². The lowest BCUT2D eigenvalue weighted by molar-refractivity contribution is -0.168. The Hall–Kier alpha value is -2.70. The first-order valence-electron chi connectivity index (χ1n) is 9.94. The van der Waals surface area contributed by atoms with E-state index in [0.29, 0.717) is 19.6 Å². The third kappa shape index (κ3) is 5.89. The first kappa shape index (κ1) is 21.0. The van der Waals surface area contributed by atoms with E-state index in [4.69, 9.17) is 9.47 Å². The van der Waals surface area contributed by atoms with Crippen LogP contribution in [0.1, 0.15) is 64.8 Å². The lowest BCUT2D eigenvalue weighted by atomic mass is 10.00. The number of phenols is 2. The number of Topliss-reactive ketones (excluding diaryl/α,β-unsaturated/α-hetero) is 2. The fourth-order valence-corrected chi connectivity index (χ4v) is 3.32. The number of ketones is 2. The van der Waals surface area contributed by atoms with E-state index in [-0.39, 0.29) is 53.3 Å². The molecule has 0 radical (unpaired) electrons. The van der Waals surface area contributed by atoms with Gasteiger partial charge in [-0.05, 0) is 55.5 Å². The number of benzene rings is 2. The Morgan fingerprint density at radius 1 is 0.966 bits per heavy atom. The Labute approximate surface area is 170 Å². The summed E-state index contributed by atoms with van der Waals surface area (Å²) in [7, 11) is 0. The molecular formula is C23H26O6. The van der Waals surface area contributed by atoms with Gasteiger partial charge in [-0.3, -0.25) is 9.59 Å². The van der Waals surface area contributed by atoms with Crippen molar-refractivity contribution in [3.8, 4) is 11.5 Å². The second kappa shape index (κ2) is 10.2. The van der Waals surface area contributed by atoms with Crippen molar-refractivity contribution in [1.82, 2.24) is 0 Å². The maximum absolute atomic E-state index is 12.4. The molecule has 1 heterocycles. The fraction of sp³-hybridized carbons (Fsp3) is 0.391. The number of ether oxygens (including phenoxy) is 2. The van der Waals surface area contributed by atoms with Gasteiger partial charge in [-0.25, -0.2) is 0 Å². The largest absolute Gasteiger partial charge is 0.507 e. The molecule has 1 saturated heterocycles. The first-order chi connectivity index (χ1) is 14.0. The maximum Gasteiger partial charge on any atom is 0.166 e. The molecule has 0 amide bonds. The van der Waals surface area contributed by atoms with Crippen LogP contribution in [-0.2, 0) is 16.1 Å². The minimum atomic E-state index is -0.226. The molecule has 1 unspecified atom stereocenters. The molecule has 154 valence electrons. The minimum Gasteiger partial charge on any atom is -0.507 e. The highest BCUT2D eigenvalue weighted by molar-refractivity contribution is 6.00. The predicted molar refractivity (Wildman–Crippen MR) is 107 cm³/mol. The van der Waals surface area contributed by atoms with Crippen molar-refractivity contribution < 1.29 is 29.3 Å². The fourth-order valence-electron chi connectivity index (χ4n) is 3.32. The number of phenolic OH excluding ortho intramolecular Hbond substituents is 2. The molecule has 1 atom stereocenters. The third-order valence-corrected chi connectivity index (χ3v) is 4.95. The summed E-state index contributed by atoms with van der Waals surface area (Å²) in [5.74, 6) is -0.584. The maximum atomic E-state index is 12.4. The number of aromatic hydroxyl groups is 2. The number of para-hydroxylation sites is 1. The number of carbonyl (C=O) groups is 2. The van der Waals surface area contributed by atoms with Crippen LogP contribution in [0, 0.1) is 0 Å². The lowest BCUT2D eigenvalue weighted by Gasteiger charge is -2.22. The van der Waals surface area contributed by atoms with Gasteiger partial charge in [-0.15, -0.1) is 0 Å². The van der Waals surface area contributed by atoms with Crippen molar-refractivity contribution in [2.75, 3.05) is 6.61 Å². The van der Waals surface area contributed by atoms with E-state index in [9.17, 15) is 19.8 Å². The molecule has 6 heteroatoms. The molecule has 0 spiro atoms. The highest BCUT2D eigenvalue weighted by Crippen LogP contribution is 2.24. The van der Waals surface area contributed by atoms with Crippen LogP contribution in [0.2, 0.25) is 0 Å². The average molecular weight is 398 g/mol. The molecule has 29 heavy (non-hydrogen) atoms. The van der Waals surface area contributed by atoms with E-state index in [0.717, 1.165) is 24.8 Å². The summed E-state index contributed by atoms with van der Waals surface area (Å²) in [6, 6.07) is 11.2. The standard InChI is InChI=1S/C23H26O6/c24-19-7-2-1-6-17(19)20(25)8-5-9-21(26)18-12-11-16(14-22(18)27)15-29-23-10-3-4-13-28-23/h1-2,6-7,11-12,14,23-24,27H,3-5,8-10,13,15H2. The summed E-state index contributed by atoms with van der Waals surface area (Å²) >= 11 is 0. The third-order valence-electron chi connectivity index (χ3n) is 4.95.